The summed E-state index contributed by atoms with van der Waals surface area (Å²) in [5, 5.41) is 3.08. The van der Waals surface area contributed by atoms with Crippen LogP contribution in [0.2, 0.25) is 0 Å². The van der Waals surface area contributed by atoms with Crippen LogP contribution in [0.15, 0.2) is 16.7 Å². The Bertz CT molecular complexity index is 275. The third-order valence-electron chi connectivity index (χ3n) is 1.76. The minimum atomic E-state index is 0.193. The molecule has 1 rings (SSSR count). The van der Waals surface area contributed by atoms with E-state index in [2.05, 4.69) is 26.2 Å². The van der Waals surface area contributed by atoms with Gasteiger partial charge in [0.05, 0.1) is 11.4 Å². The molecule has 0 radical (unpaired) electrons. The minimum absolute atomic E-state index is 0.193. The molecule has 3 nitrogen and oxygen atoms in total. The van der Waals surface area contributed by atoms with Gasteiger partial charge in [-0.3, -0.25) is 4.98 Å². The molecular weight excluding hydrogens is 218 g/mol. The lowest BCUT2D eigenvalue weighted by Gasteiger charge is -2.11. The van der Waals surface area contributed by atoms with E-state index in [1.807, 2.05) is 20.0 Å². The van der Waals surface area contributed by atoms with Crippen LogP contribution in [0.3, 0.4) is 0 Å². The van der Waals surface area contributed by atoms with E-state index in [0.717, 1.165) is 10.2 Å². The van der Waals surface area contributed by atoms with E-state index in [1.165, 1.54) is 0 Å². The van der Waals surface area contributed by atoms with Crippen molar-refractivity contribution in [2.75, 3.05) is 12.8 Å². The van der Waals surface area contributed by atoms with Crippen LogP contribution in [-0.4, -0.2) is 12.0 Å². The summed E-state index contributed by atoms with van der Waals surface area (Å²) in [6, 6.07) is 2.05. The Kier molecular flexibility index (Phi) is 3.05. The zero-order valence-corrected chi connectivity index (χ0v) is 8.72. The molecular formula is C8H12BrN3. The number of rotatable bonds is 2. The molecule has 0 aliphatic rings. The van der Waals surface area contributed by atoms with E-state index in [4.69, 9.17) is 5.73 Å². The quantitative estimate of drug-likeness (QED) is 0.813. The van der Waals surface area contributed by atoms with Gasteiger partial charge in [-0.25, -0.2) is 0 Å². The van der Waals surface area contributed by atoms with Gasteiger partial charge in [-0.15, -0.1) is 0 Å². The number of pyridine rings is 1. The van der Waals surface area contributed by atoms with E-state index >= 15 is 0 Å². The molecule has 1 aromatic rings. The van der Waals surface area contributed by atoms with Gasteiger partial charge in [0, 0.05) is 16.7 Å². The highest BCUT2D eigenvalue weighted by Crippen LogP contribution is 2.20. The summed E-state index contributed by atoms with van der Waals surface area (Å²) < 4.78 is 0.909. The normalized spacial score (nSPS) is 12.9. The van der Waals surface area contributed by atoms with Crippen molar-refractivity contribution in [3.63, 3.8) is 0 Å². The van der Waals surface area contributed by atoms with Gasteiger partial charge >= 0.3 is 0 Å². The maximum Gasteiger partial charge on any atom is 0.0799 e. The number of hydrogen-bond acceptors (Lipinski definition) is 3. The Hall–Kier alpha value is -0.610. The van der Waals surface area contributed by atoms with E-state index < -0.39 is 0 Å². The number of nitrogen functional groups attached to an aromatic ring is 1. The van der Waals surface area contributed by atoms with Crippen molar-refractivity contribution < 1.29 is 0 Å². The lowest BCUT2D eigenvalue weighted by molar-refractivity contribution is 0.635. The first-order chi connectivity index (χ1) is 5.65. The predicted molar refractivity (Wildman–Crippen MR) is 53.8 cm³/mol. The molecule has 66 valence electrons. The summed E-state index contributed by atoms with van der Waals surface area (Å²) in [5.41, 5.74) is 7.37. The van der Waals surface area contributed by atoms with E-state index in [1.54, 1.807) is 6.20 Å². The number of nitrogens with zero attached hydrogens (tertiary/aromatic N) is 1. The zero-order valence-electron chi connectivity index (χ0n) is 7.13. The molecule has 0 bridgehead atoms. The molecule has 0 fully saturated rings. The minimum Gasteiger partial charge on any atom is -0.397 e. The Balaban J connectivity index is 3.01. The number of halogens is 1. The summed E-state index contributed by atoms with van der Waals surface area (Å²) in [6.07, 6.45) is 1.75. The summed E-state index contributed by atoms with van der Waals surface area (Å²) in [5.74, 6) is 0. The van der Waals surface area contributed by atoms with Gasteiger partial charge in [0.25, 0.3) is 0 Å². The third-order valence-corrected chi connectivity index (χ3v) is 2.19. The average Bonchev–Trinajstić information content (AvgIpc) is 2.03. The average molecular weight is 230 g/mol. The molecule has 3 N–H and O–H groups in total. The highest BCUT2D eigenvalue weighted by molar-refractivity contribution is 9.10. The lowest BCUT2D eigenvalue weighted by atomic mass is 10.2. The largest absolute Gasteiger partial charge is 0.397 e. The van der Waals surface area contributed by atoms with Crippen molar-refractivity contribution in [3.8, 4) is 0 Å². The van der Waals surface area contributed by atoms with Crippen molar-refractivity contribution in [2.24, 2.45) is 0 Å². The summed E-state index contributed by atoms with van der Waals surface area (Å²) in [6.45, 7) is 2.02. The Morgan fingerprint density at radius 3 is 2.83 bits per heavy atom. The molecule has 0 saturated carbocycles. The predicted octanol–water partition coefficient (Wildman–Crippen LogP) is 1.71. The van der Waals surface area contributed by atoms with Gasteiger partial charge in [0.15, 0.2) is 0 Å². The van der Waals surface area contributed by atoms with Crippen LogP contribution in [0, 0.1) is 0 Å². The molecule has 1 unspecified atom stereocenters. The summed E-state index contributed by atoms with van der Waals surface area (Å²) >= 11 is 3.30. The fourth-order valence-corrected chi connectivity index (χ4v) is 1.31. The van der Waals surface area contributed by atoms with Crippen molar-refractivity contribution in [1.29, 1.82) is 0 Å². The second-order valence-corrected chi connectivity index (χ2v) is 3.55. The second-order valence-electron chi connectivity index (χ2n) is 2.64. The van der Waals surface area contributed by atoms with Crippen molar-refractivity contribution >= 4 is 21.6 Å². The number of nitrogens with one attached hydrogen (secondary N) is 1. The molecule has 0 amide bonds. The lowest BCUT2D eigenvalue weighted by Crippen LogP contribution is -2.15. The molecule has 1 heterocycles. The summed E-state index contributed by atoms with van der Waals surface area (Å²) in [4.78, 5) is 4.21. The van der Waals surface area contributed by atoms with Crippen molar-refractivity contribution in [1.82, 2.24) is 10.3 Å². The smallest absolute Gasteiger partial charge is 0.0799 e. The molecule has 4 heteroatoms. The monoisotopic (exact) mass is 229 g/mol. The van der Waals surface area contributed by atoms with Crippen LogP contribution in [0.5, 0.6) is 0 Å². The first-order valence-corrected chi connectivity index (χ1v) is 4.52. The van der Waals surface area contributed by atoms with Crippen LogP contribution in [0.4, 0.5) is 5.69 Å². The van der Waals surface area contributed by atoms with E-state index in [0.29, 0.717) is 5.69 Å². The van der Waals surface area contributed by atoms with Gasteiger partial charge in [-0.05, 0) is 36.0 Å². The fourth-order valence-electron chi connectivity index (χ4n) is 0.964. The second kappa shape index (κ2) is 3.87. The van der Waals surface area contributed by atoms with Crippen LogP contribution in [0.25, 0.3) is 0 Å². The zero-order chi connectivity index (χ0) is 9.14. The number of anilines is 1. The van der Waals surface area contributed by atoms with Crippen molar-refractivity contribution in [3.05, 3.63) is 22.4 Å². The first kappa shape index (κ1) is 9.48. The van der Waals surface area contributed by atoms with E-state index in [9.17, 15) is 0 Å². The molecule has 12 heavy (non-hydrogen) atoms. The van der Waals surface area contributed by atoms with Crippen molar-refractivity contribution in [2.45, 2.75) is 13.0 Å². The maximum absolute atomic E-state index is 5.77. The van der Waals surface area contributed by atoms with Crippen LogP contribution < -0.4 is 11.1 Å². The highest BCUT2D eigenvalue weighted by Gasteiger charge is 2.07. The van der Waals surface area contributed by atoms with Crippen LogP contribution in [0.1, 0.15) is 18.7 Å². The number of hydrogen-bond donors (Lipinski definition) is 2. The standard InChI is InChI=1S/C8H12BrN3/c1-5(11-2)8-7(10)3-6(9)4-12-8/h3-5,11H,10H2,1-2H3. The highest BCUT2D eigenvalue weighted by atomic mass is 79.9. The van der Waals surface area contributed by atoms with Crippen LogP contribution in [-0.2, 0) is 0 Å². The molecule has 0 saturated heterocycles. The van der Waals surface area contributed by atoms with Gasteiger partial charge < -0.3 is 11.1 Å². The van der Waals surface area contributed by atoms with Crippen LogP contribution >= 0.6 is 15.9 Å². The number of aromatic nitrogens is 1. The molecule has 0 aliphatic carbocycles. The molecule has 0 aliphatic heterocycles. The topological polar surface area (TPSA) is 50.9 Å². The maximum atomic E-state index is 5.77. The SMILES string of the molecule is CNC(C)c1ncc(Br)cc1N. The summed E-state index contributed by atoms with van der Waals surface area (Å²) in [7, 11) is 1.88. The Labute approximate surface area is 80.5 Å². The fraction of sp³-hybridized carbons (Fsp3) is 0.375. The Morgan fingerprint density at radius 1 is 1.67 bits per heavy atom. The van der Waals surface area contributed by atoms with Gasteiger partial charge in [-0.2, -0.15) is 0 Å². The third kappa shape index (κ3) is 1.95. The first-order valence-electron chi connectivity index (χ1n) is 3.73. The van der Waals surface area contributed by atoms with E-state index in [-0.39, 0.29) is 6.04 Å². The number of nitrogens with two attached hydrogens (primary N) is 1. The Morgan fingerprint density at radius 2 is 2.33 bits per heavy atom. The van der Waals surface area contributed by atoms with Gasteiger partial charge in [-0.1, -0.05) is 0 Å². The molecule has 0 spiro atoms. The molecule has 0 aromatic carbocycles. The van der Waals surface area contributed by atoms with Gasteiger partial charge in [0.1, 0.15) is 0 Å². The molecule has 1 aromatic heterocycles. The molecule has 1 atom stereocenters. The van der Waals surface area contributed by atoms with Gasteiger partial charge in [0.2, 0.25) is 0 Å².